The summed E-state index contributed by atoms with van der Waals surface area (Å²) < 4.78 is 4.98. The minimum Gasteiger partial charge on any atom is -0.444 e. The molecule has 0 saturated heterocycles. The molecule has 15 heavy (non-hydrogen) atoms. The van der Waals surface area contributed by atoms with Gasteiger partial charge >= 0.3 is 6.09 Å². The first kappa shape index (κ1) is 14.2. The van der Waals surface area contributed by atoms with Gasteiger partial charge in [0.15, 0.2) is 0 Å². The van der Waals surface area contributed by atoms with Crippen LogP contribution in [0.25, 0.3) is 0 Å². The van der Waals surface area contributed by atoms with Gasteiger partial charge in [0.05, 0.1) is 13.7 Å². The Labute approximate surface area is 90.1 Å². The van der Waals surface area contributed by atoms with Crippen LogP contribution in [-0.2, 0) is 9.57 Å². The van der Waals surface area contributed by atoms with Gasteiger partial charge in [0.1, 0.15) is 11.8 Å². The van der Waals surface area contributed by atoms with Crippen LogP contribution in [0.1, 0.15) is 20.8 Å². The Morgan fingerprint density at radius 2 is 2.07 bits per heavy atom. The van der Waals surface area contributed by atoms with Gasteiger partial charge < -0.3 is 20.0 Å². The molecule has 0 saturated carbocycles. The summed E-state index contributed by atoms with van der Waals surface area (Å²) in [7, 11) is 2.98. The monoisotopic (exact) mass is 220 g/mol. The number of nitrogens with one attached hydrogen (secondary N) is 1. The topological polar surface area (TPSA) is 71.0 Å². The van der Waals surface area contributed by atoms with Crippen LogP contribution in [0.4, 0.5) is 4.79 Å². The summed E-state index contributed by atoms with van der Waals surface area (Å²) in [5, 5.41) is 13.0. The molecule has 0 spiro atoms. The summed E-state index contributed by atoms with van der Waals surface area (Å²) in [4.78, 5) is 15.9. The maximum Gasteiger partial charge on any atom is 0.407 e. The summed E-state index contributed by atoms with van der Waals surface area (Å²) in [5.41, 5.74) is -0.539. The third-order valence-electron chi connectivity index (χ3n) is 1.54. The van der Waals surface area contributed by atoms with Crippen molar-refractivity contribution in [3.05, 3.63) is 0 Å². The van der Waals surface area contributed by atoms with Crippen molar-refractivity contribution >= 4 is 6.09 Å². The molecule has 0 aliphatic carbocycles. The van der Waals surface area contributed by atoms with E-state index >= 15 is 0 Å². The quantitative estimate of drug-likeness (QED) is 0.527. The molecule has 0 heterocycles. The van der Waals surface area contributed by atoms with Crippen molar-refractivity contribution in [2.45, 2.75) is 32.6 Å². The molecular formula is C9H20N2O4. The van der Waals surface area contributed by atoms with Crippen molar-refractivity contribution < 1.29 is 19.5 Å². The van der Waals surface area contributed by atoms with Gasteiger partial charge in [0, 0.05) is 7.05 Å². The van der Waals surface area contributed by atoms with Gasteiger partial charge in [-0.15, -0.1) is 0 Å². The lowest BCUT2D eigenvalue weighted by Gasteiger charge is -2.23. The molecule has 0 fully saturated rings. The summed E-state index contributed by atoms with van der Waals surface area (Å²) >= 11 is 0. The molecule has 6 nitrogen and oxygen atoms in total. The van der Waals surface area contributed by atoms with Crippen molar-refractivity contribution in [3.8, 4) is 0 Å². The molecular weight excluding hydrogens is 200 g/mol. The smallest absolute Gasteiger partial charge is 0.407 e. The SMILES string of the molecule is CON(C)C(O)CNC(=O)OC(C)(C)C. The van der Waals surface area contributed by atoms with E-state index in [1.54, 1.807) is 27.8 Å². The molecule has 0 aliphatic heterocycles. The molecule has 1 unspecified atom stereocenters. The molecule has 1 atom stereocenters. The van der Waals surface area contributed by atoms with Gasteiger partial charge in [0.2, 0.25) is 0 Å². The van der Waals surface area contributed by atoms with E-state index in [2.05, 4.69) is 5.32 Å². The highest BCUT2D eigenvalue weighted by Gasteiger charge is 2.17. The summed E-state index contributed by atoms with van der Waals surface area (Å²) in [6, 6.07) is 0. The zero-order valence-electron chi connectivity index (χ0n) is 9.90. The lowest BCUT2D eigenvalue weighted by atomic mass is 10.2. The van der Waals surface area contributed by atoms with Crippen LogP contribution in [0.15, 0.2) is 0 Å². The Morgan fingerprint density at radius 3 is 2.47 bits per heavy atom. The fourth-order valence-electron chi connectivity index (χ4n) is 0.739. The number of hydroxylamine groups is 2. The summed E-state index contributed by atoms with van der Waals surface area (Å²) in [5.74, 6) is 0. The highest BCUT2D eigenvalue weighted by molar-refractivity contribution is 5.67. The molecule has 90 valence electrons. The predicted octanol–water partition coefficient (Wildman–Crippen LogP) is 0.323. The zero-order valence-corrected chi connectivity index (χ0v) is 9.90. The van der Waals surface area contributed by atoms with E-state index in [1.807, 2.05) is 0 Å². The number of amides is 1. The molecule has 1 amide bonds. The highest BCUT2D eigenvalue weighted by Crippen LogP contribution is 2.06. The third-order valence-corrected chi connectivity index (χ3v) is 1.54. The number of ether oxygens (including phenoxy) is 1. The minimum atomic E-state index is -0.900. The Hall–Kier alpha value is -0.850. The molecule has 6 heteroatoms. The molecule has 0 aromatic rings. The van der Waals surface area contributed by atoms with E-state index in [0.29, 0.717) is 0 Å². The van der Waals surface area contributed by atoms with E-state index < -0.39 is 17.9 Å². The fraction of sp³-hybridized carbons (Fsp3) is 0.889. The van der Waals surface area contributed by atoms with E-state index in [-0.39, 0.29) is 6.54 Å². The van der Waals surface area contributed by atoms with Crippen molar-refractivity contribution in [3.63, 3.8) is 0 Å². The van der Waals surface area contributed by atoms with Crippen LogP contribution in [0, 0.1) is 0 Å². The minimum absolute atomic E-state index is 0.0409. The number of rotatable bonds is 4. The number of likely N-dealkylation sites (N-methyl/N-ethyl adjacent to an activating group) is 1. The standard InChI is InChI=1S/C9H20N2O4/c1-9(2,3)15-8(13)10-6-7(12)11(4)14-5/h7,12H,6H2,1-5H3,(H,10,13). The number of aliphatic hydroxyl groups is 1. The Balaban J connectivity index is 3.81. The number of hydrogen-bond acceptors (Lipinski definition) is 5. The van der Waals surface area contributed by atoms with Crippen molar-refractivity contribution in [2.24, 2.45) is 0 Å². The zero-order chi connectivity index (χ0) is 12.1. The van der Waals surface area contributed by atoms with Gasteiger partial charge in [-0.3, -0.25) is 0 Å². The van der Waals surface area contributed by atoms with E-state index in [0.717, 1.165) is 0 Å². The number of hydrogen-bond donors (Lipinski definition) is 2. The first-order chi connectivity index (χ1) is 6.76. The molecule has 0 aromatic carbocycles. The van der Waals surface area contributed by atoms with Gasteiger partial charge in [-0.25, -0.2) is 4.79 Å². The second-order valence-corrected chi connectivity index (χ2v) is 4.09. The van der Waals surface area contributed by atoms with Crippen LogP contribution in [0.3, 0.4) is 0 Å². The predicted molar refractivity (Wildman–Crippen MR) is 55.0 cm³/mol. The molecule has 0 aromatic heterocycles. The second-order valence-electron chi connectivity index (χ2n) is 4.09. The Kier molecular flexibility index (Phi) is 5.56. The largest absolute Gasteiger partial charge is 0.444 e. The third kappa shape index (κ3) is 7.12. The van der Waals surface area contributed by atoms with Gasteiger partial charge in [-0.1, -0.05) is 0 Å². The summed E-state index contributed by atoms with van der Waals surface area (Å²) in [6.07, 6.45) is -1.46. The highest BCUT2D eigenvalue weighted by atomic mass is 16.7. The average Bonchev–Trinajstić information content (AvgIpc) is 2.10. The first-order valence-corrected chi connectivity index (χ1v) is 4.68. The van der Waals surface area contributed by atoms with Crippen molar-refractivity contribution in [2.75, 3.05) is 20.7 Å². The molecule has 0 aliphatic rings. The number of aliphatic hydroxyl groups excluding tert-OH is 1. The van der Waals surface area contributed by atoms with Crippen molar-refractivity contribution in [1.29, 1.82) is 0 Å². The average molecular weight is 220 g/mol. The molecule has 0 rings (SSSR count). The second kappa shape index (κ2) is 5.89. The number of alkyl carbamates (subject to hydrolysis) is 1. The van der Waals surface area contributed by atoms with Crippen LogP contribution < -0.4 is 5.32 Å². The normalized spacial score (nSPS) is 13.8. The van der Waals surface area contributed by atoms with E-state index in [1.165, 1.54) is 12.2 Å². The Bertz CT molecular complexity index is 203. The van der Waals surface area contributed by atoms with Gasteiger partial charge in [-0.05, 0) is 20.8 Å². The van der Waals surface area contributed by atoms with Gasteiger partial charge in [-0.2, -0.15) is 5.06 Å². The number of carbonyl (C=O) groups excluding carboxylic acids is 1. The van der Waals surface area contributed by atoms with Crippen LogP contribution in [-0.4, -0.2) is 48.8 Å². The van der Waals surface area contributed by atoms with E-state index in [9.17, 15) is 9.90 Å². The van der Waals surface area contributed by atoms with Gasteiger partial charge in [0.25, 0.3) is 0 Å². The van der Waals surface area contributed by atoms with E-state index in [4.69, 9.17) is 9.57 Å². The lowest BCUT2D eigenvalue weighted by molar-refractivity contribution is -0.200. The van der Waals surface area contributed by atoms with Crippen LogP contribution in [0.2, 0.25) is 0 Å². The lowest BCUT2D eigenvalue weighted by Crippen LogP contribution is -2.43. The van der Waals surface area contributed by atoms with Crippen molar-refractivity contribution in [1.82, 2.24) is 10.4 Å². The number of nitrogens with zero attached hydrogens (tertiary/aromatic N) is 1. The number of carbonyl (C=O) groups is 1. The van der Waals surface area contributed by atoms with Crippen LogP contribution in [0.5, 0.6) is 0 Å². The molecule has 0 radical (unpaired) electrons. The fourth-order valence-corrected chi connectivity index (χ4v) is 0.739. The van der Waals surface area contributed by atoms with Crippen LogP contribution >= 0.6 is 0 Å². The maximum atomic E-state index is 11.2. The Morgan fingerprint density at radius 1 is 1.53 bits per heavy atom. The molecule has 2 N–H and O–H groups in total. The summed E-state index contributed by atoms with van der Waals surface area (Å²) in [6.45, 7) is 5.35. The molecule has 0 bridgehead atoms. The maximum absolute atomic E-state index is 11.2. The first-order valence-electron chi connectivity index (χ1n) is 4.68.